The predicted octanol–water partition coefficient (Wildman–Crippen LogP) is 5.49. The molecule has 0 spiro atoms. The van der Waals surface area contributed by atoms with Gasteiger partial charge < -0.3 is 9.16 Å². The third kappa shape index (κ3) is 6.65. The van der Waals surface area contributed by atoms with Crippen LogP contribution in [-0.4, -0.2) is 43.0 Å². The van der Waals surface area contributed by atoms with E-state index in [4.69, 9.17) is 9.16 Å². The van der Waals surface area contributed by atoms with E-state index in [1.807, 2.05) is 0 Å². The Morgan fingerprint density at radius 3 is 2.23 bits per heavy atom. The number of amides is 2. The third-order valence-corrected chi connectivity index (χ3v) is 10.1. The fraction of sp³-hybridized carbons (Fsp3) is 0.583. The van der Waals surface area contributed by atoms with E-state index in [9.17, 15) is 14.0 Å². The van der Waals surface area contributed by atoms with Gasteiger partial charge in [0.2, 0.25) is 5.91 Å². The summed E-state index contributed by atoms with van der Waals surface area (Å²) in [5.41, 5.74) is -0.158. The van der Waals surface area contributed by atoms with Gasteiger partial charge in [0, 0.05) is 12.0 Å². The van der Waals surface area contributed by atoms with Crippen molar-refractivity contribution in [2.24, 2.45) is 0 Å². The van der Waals surface area contributed by atoms with Gasteiger partial charge in [-0.1, -0.05) is 32.6 Å². The Balaban J connectivity index is 2.45. The number of carbonyl (C=O) groups excluding carboxylic acids is 2. The molecule has 0 radical (unpaired) electrons. The summed E-state index contributed by atoms with van der Waals surface area (Å²) in [6.45, 7) is 15.9. The molecule has 170 valence electrons. The van der Waals surface area contributed by atoms with Gasteiger partial charge in [0.05, 0.1) is 6.10 Å². The fourth-order valence-electron chi connectivity index (χ4n) is 2.92. The van der Waals surface area contributed by atoms with Crippen LogP contribution in [0.1, 0.15) is 59.9 Å². The second-order valence-electron chi connectivity index (χ2n) is 10.4. The molecule has 1 heterocycles. The van der Waals surface area contributed by atoms with E-state index in [1.165, 1.54) is 12.1 Å². The number of piperidine rings is 1. The molecule has 1 aromatic carbocycles. The summed E-state index contributed by atoms with van der Waals surface area (Å²) >= 11 is 0. The lowest BCUT2D eigenvalue weighted by Crippen LogP contribution is -2.58. The number of hydrogen-bond acceptors (Lipinski definition) is 4. The number of nitrogens with zero attached hydrogens (tertiary/aromatic N) is 1. The molecule has 0 saturated carbocycles. The second-order valence-corrected chi connectivity index (χ2v) is 15.2. The molecule has 1 fully saturated rings. The molecule has 1 aliphatic rings. The molecular formula is C24H34FNO4Si. The van der Waals surface area contributed by atoms with Crippen molar-refractivity contribution in [1.82, 2.24) is 4.90 Å². The minimum absolute atomic E-state index is 0.0415. The molecule has 31 heavy (non-hydrogen) atoms. The largest absolute Gasteiger partial charge is 0.443 e. The lowest BCUT2D eigenvalue weighted by Gasteiger charge is -2.44. The monoisotopic (exact) mass is 447 g/mol. The van der Waals surface area contributed by atoms with Gasteiger partial charge in [-0.05, 0) is 69.6 Å². The Bertz CT molecular complexity index is 872. The average Bonchev–Trinajstić information content (AvgIpc) is 2.60. The third-order valence-electron chi connectivity index (χ3n) is 5.59. The van der Waals surface area contributed by atoms with Gasteiger partial charge in [-0.15, -0.1) is 0 Å². The molecule has 7 heteroatoms. The van der Waals surface area contributed by atoms with E-state index in [0.717, 1.165) is 4.90 Å². The Labute approximate surface area is 186 Å². The first-order chi connectivity index (χ1) is 14.1. The topological polar surface area (TPSA) is 55.8 Å². The Kier molecular flexibility index (Phi) is 7.39. The Morgan fingerprint density at radius 2 is 1.71 bits per heavy atom. The summed E-state index contributed by atoms with van der Waals surface area (Å²) in [5.74, 6) is 5.35. The Hall–Kier alpha value is -2.17. The van der Waals surface area contributed by atoms with E-state index in [2.05, 4.69) is 45.7 Å². The highest BCUT2D eigenvalue weighted by Gasteiger charge is 2.46. The van der Waals surface area contributed by atoms with Gasteiger partial charge in [-0.3, -0.25) is 4.79 Å². The van der Waals surface area contributed by atoms with Crippen molar-refractivity contribution in [2.75, 3.05) is 0 Å². The first kappa shape index (κ1) is 25.1. The van der Waals surface area contributed by atoms with Gasteiger partial charge in [-0.25, -0.2) is 14.1 Å². The van der Waals surface area contributed by atoms with Gasteiger partial charge in [0.1, 0.15) is 17.5 Å². The van der Waals surface area contributed by atoms with E-state index in [-0.39, 0.29) is 23.2 Å². The molecule has 1 aromatic rings. The summed E-state index contributed by atoms with van der Waals surface area (Å²) in [5, 5.41) is -0.0415. The number of likely N-dealkylation sites (tertiary alicyclic amines) is 1. The standard InChI is InChI=1S/C24H34FNO4Si/c1-23(2,3)29-22(28)26-19(14-11-17-9-12-18(25)13-10-17)20(15-16-21(26)27)30-31(7,8)24(4,5)6/h9-10,12-13,19-20H,15-16H2,1-8H3/t19-,20+/m1/s1. The predicted molar refractivity (Wildman–Crippen MR) is 121 cm³/mol. The molecule has 2 atom stereocenters. The summed E-state index contributed by atoms with van der Waals surface area (Å²) in [6.07, 6.45) is -0.473. The van der Waals surface area contributed by atoms with E-state index >= 15 is 0 Å². The van der Waals surface area contributed by atoms with Gasteiger partial charge in [0.15, 0.2) is 8.32 Å². The van der Waals surface area contributed by atoms with Crippen molar-refractivity contribution >= 4 is 20.3 Å². The van der Waals surface area contributed by atoms with Crippen LogP contribution in [-0.2, 0) is 14.0 Å². The fourth-order valence-corrected chi connectivity index (χ4v) is 4.28. The molecule has 5 nitrogen and oxygen atoms in total. The molecular weight excluding hydrogens is 413 g/mol. The van der Waals surface area contributed by atoms with Crippen LogP contribution in [0, 0.1) is 17.7 Å². The maximum atomic E-state index is 13.2. The molecule has 0 N–H and O–H groups in total. The van der Waals surface area contributed by atoms with Crippen molar-refractivity contribution in [3.63, 3.8) is 0 Å². The Morgan fingerprint density at radius 1 is 1.13 bits per heavy atom. The van der Waals surface area contributed by atoms with Gasteiger partial charge in [0.25, 0.3) is 0 Å². The molecule has 2 rings (SSSR count). The van der Waals surface area contributed by atoms with Crippen LogP contribution in [0.5, 0.6) is 0 Å². The smallest absolute Gasteiger partial charge is 0.418 e. The van der Waals surface area contributed by atoms with Crippen LogP contribution in [0.4, 0.5) is 9.18 Å². The van der Waals surface area contributed by atoms with Crippen LogP contribution >= 0.6 is 0 Å². The highest BCUT2D eigenvalue weighted by atomic mass is 28.4. The first-order valence-electron chi connectivity index (χ1n) is 10.6. The number of halogens is 1. The molecule has 0 aliphatic carbocycles. The van der Waals surface area contributed by atoms with Crippen molar-refractivity contribution in [2.45, 2.75) is 90.3 Å². The molecule has 1 aliphatic heterocycles. The van der Waals surface area contributed by atoms with Crippen LogP contribution in [0.15, 0.2) is 24.3 Å². The van der Waals surface area contributed by atoms with Crippen LogP contribution < -0.4 is 0 Å². The zero-order valence-corrected chi connectivity index (χ0v) is 20.8. The molecule has 1 saturated heterocycles. The van der Waals surface area contributed by atoms with Crippen molar-refractivity contribution in [1.29, 1.82) is 0 Å². The number of ether oxygens (including phenoxy) is 1. The second kappa shape index (κ2) is 9.13. The van der Waals surface area contributed by atoms with Gasteiger partial charge in [-0.2, -0.15) is 0 Å². The highest BCUT2D eigenvalue weighted by Crippen LogP contribution is 2.39. The molecule has 2 amide bonds. The minimum atomic E-state index is -2.19. The normalized spacial score (nSPS) is 20.2. The molecule has 0 bridgehead atoms. The lowest BCUT2D eigenvalue weighted by atomic mass is 9.98. The van der Waals surface area contributed by atoms with E-state index in [1.54, 1.807) is 32.9 Å². The first-order valence-corrected chi connectivity index (χ1v) is 13.5. The number of rotatable bonds is 2. The van der Waals surface area contributed by atoms with Crippen LogP contribution in [0.3, 0.4) is 0 Å². The minimum Gasteiger partial charge on any atom is -0.443 e. The maximum Gasteiger partial charge on any atom is 0.418 e. The maximum absolute atomic E-state index is 13.2. The summed E-state index contributed by atoms with van der Waals surface area (Å²) in [4.78, 5) is 26.8. The van der Waals surface area contributed by atoms with Crippen molar-refractivity contribution in [3.8, 4) is 11.8 Å². The van der Waals surface area contributed by atoms with Crippen LogP contribution in [0.25, 0.3) is 0 Å². The SMILES string of the molecule is CC(C)(C)OC(=O)N1C(=O)CC[C@H](O[Si](C)(C)C(C)(C)C)[C@H]1C#Cc1ccc(F)cc1. The zero-order chi connectivity index (χ0) is 23.6. The van der Waals surface area contributed by atoms with E-state index < -0.39 is 32.2 Å². The number of benzene rings is 1. The quantitative estimate of drug-likeness (QED) is 0.444. The summed E-state index contributed by atoms with van der Waals surface area (Å²) < 4.78 is 25.3. The van der Waals surface area contributed by atoms with E-state index in [0.29, 0.717) is 12.0 Å². The molecule has 0 unspecified atom stereocenters. The van der Waals surface area contributed by atoms with Crippen molar-refractivity contribution < 1.29 is 23.1 Å². The summed E-state index contributed by atoms with van der Waals surface area (Å²) in [6, 6.07) is 5.00. The van der Waals surface area contributed by atoms with Gasteiger partial charge >= 0.3 is 6.09 Å². The number of carbonyl (C=O) groups is 2. The number of imide groups is 1. The van der Waals surface area contributed by atoms with Crippen molar-refractivity contribution in [3.05, 3.63) is 35.6 Å². The lowest BCUT2D eigenvalue weighted by molar-refractivity contribution is -0.137. The molecule has 0 aromatic heterocycles. The average molecular weight is 448 g/mol. The van der Waals surface area contributed by atoms with Crippen LogP contribution in [0.2, 0.25) is 18.1 Å². The number of hydrogen-bond donors (Lipinski definition) is 0. The zero-order valence-electron chi connectivity index (χ0n) is 19.8. The summed E-state index contributed by atoms with van der Waals surface area (Å²) in [7, 11) is -2.19. The highest BCUT2D eigenvalue weighted by molar-refractivity contribution is 6.74.